The van der Waals surface area contributed by atoms with Crippen LogP contribution in [0.15, 0.2) is 459 Å². The molecule has 22 aromatic carbocycles. The topological polar surface area (TPSA) is 93.7 Å². The predicted octanol–water partition coefficient (Wildman–Crippen LogP) is 38.4. The number of pyridine rings is 4. The second-order valence-electron chi connectivity index (χ2n) is 37.1. The Morgan fingerprint density at radius 1 is 0.194 bits per heavy atom. The van der Waals surface area contributed by atoms with E-state index in [1.807, 2.05) is 52.2 Å². The van der Waals surface area contributed by atoms with Crippen molar-refractivity contribution in [3.8, 4) is 56.5 Å². The van der Waals surface area contributed by atoms with Crippen molar-refractivity contribution in [1.82, 2.24) is 29.9 Å². The molecule has 8 nitrogen and oxygen atoms in total. The fraction of sp³-hybridized carbons (Fsp3) is 0. The molecule has 0 fully saturated rings. The summed E-state index contributed by atoms with van der Waals surface area (Å²) in [6.07, 6.45) is 0. The lowest BCUT2D eigenvalue weighted by Gasteiger charge is -2.26. The van der Waals surface area contributed by atoms with Crippen molar-refractivity contribution < 1.29 is 4.42 Å². The smallest absolute Gasteiger partial charge is 0.180 e. The van der Waals surface area contributed by atoms with Crippen molar-refractivity contribution in [3.05, 3.63) is 455 Å². The molecule has 0 N–H and O–H groups in total. The van der Waals surface area contributed by atoms with Gasteiger partial charge in [0.05, 0.1) is 47.7 Å². The highest BCUT2D eigenvalue weighted by Crippen LogP contribution is 2.54. The number of hydrogen-bond donors (Lipinski definition) is 0. The number of benzene rings is 22. The number of fused-ring (bicyclic) bond motifs is 39. The average molecular weight is 1900 g/mol. The first-order valence-corrected chi connectivity index (χ1v) is 51.8. The fourth-order valence-electron chi connectivity index (χ4n) is 22.7. The van der Waals surface area contributed by atoms with Crippen LogP contribution in [0, 0.1) is 0 Å². The van der Waals surface area contributed by atoms with E-state index in [0.717, 1.165) is 132 Å². The Balaban J connectivity index is 0.000000101. The molecule has 0 saturated heterocycles. The second-order valence-corrected chi connectivity index (χ2v) is 41.3. The van der Waals surface area contributed by atoms with Crippen molar-refractivity contribution in [2.75, 3.05) is 4.90 Å². The molecule has 668 valence electrons. The SMILES string of the molecule is c1ccc(N(c2ccc(-c3nc4c5sc6ccccc6c5c5ccccc5c4c4ccccc34)cc2)c2ccc3ccccc3c2)cc1.c1ccc2c(-c3nc(-c4nc5c6sc7ccccc7c6c6ccccc6c5c5ccccc45)nc4c3oc3ccccc34)cccc2c1.c1ccc2cc(-c3cc(-c4nc5c6sc7ccccc7c6c6ccccc6c5c5ccccc45)nc4sc5ccccc5c34)ccc2c1. The van der Waals surface area contributed by atoms with Gasteiger partial charge in [-0.05, 0) is 177 Å². The first-order valence-electron chi connectivity index (χ1n) is 48.5. The van der Waals surface area contributed by atoms with Gasteiger partial charge in [-0.25, -0.2) is 29.9 Å². The number of nitrogens with zero attached hydrogens (tertiary/aromatic N) is 7. The van der Waals surface area contributed by atoms with Gasteiger partial charge in [-0.15, -0.1) is 45.3 Å². The van der Waals surface area contributed by atoms with E-state index >= 15 is 0 Å². The third kappa shape index (κ3) is 12.9. The molecule has 0 unspecified atom stereocenters. The molecule has 0 amide bonds. The quantitative estimate of drug-likeness (QED) is 0.139. The van der Waals surface area contributed by atoms with Crippen molar-refractivity contribution in [3.63, 3.8) is 0 Å². The van der Waals surface area contributed by atoms with Gasteiger partial charge in [0.25, 0.3) is 0 Å². The van der Waals surface area contributed by atoms with Crippen LogP contribution in [0.4, 0.5) is 17.1 Å². The predicted molar refractivity (Wildman–Crippen MR) is 617 cm³/mol. The summed E-state index contributed by atoms with van der Waals surface area (Å²) in [4.78, 5) is 36.2. The van der Waals surface area contributed by atoms with Crippen LogP contribution >= 0.6 is 45.3 Å². The van der Waals surface area contributed by atoms with E-state index in [0.29, 0.717) is 11.4 Å². The van der Waals surface area contributed by atoms with Gasteiger partial charge < -0.3 is 9.32 Å². The van der Waals surface area contributed by atoms with Crippen LogP contribution in [0.5, 0.6) is 0 Å². The molecule has 10 aromatic heterocycles. The molecule has 10 heterocycles. The summed E-state index contributed by atoms with van der Waals surface area (Å²) in [7, 11) is 0. The lowest BCUT2D eigenvalue weighted by molar-refractivity contribution is 0.667. The molecule has 0 spiro atoms. The number of para-hydroxylation sites is 2. The summed E-state index contributed by atoms with van der Waals surface area (Å²) in [6, 6.07) is 163. The minimum atomic E-state index is 0.581. The van der Waals surface area contributed by atoms with Crippen molar-refractivity contribution in [2.24, 2.45) is 0 Å². The number of hydrogen-bond acceptors (Lipinski definition) is 12. The molecule has 0 aliphatic carbocycles. The van der Waals surface area contributed by atoms with Gasteiger partial charge in [0, 0.05) is 128 Å². The maximum atomic E-state index is 6.53. The van der Waals surface area contributed by atoms with E-state index in [1.54, 1.807) is 11.3 Å². The van der Waals surface area contributed by atoms with Gasteiger partial charge in [-0.3, -0.25) is 0 Å². The van der Waals surface area contributed by atoms with Gasteiger partial charge in [-0.1, -0.05) is 370 Å². The second kappa shape index (κ2) is 32.9. The molecule has 144 heavy (non-hydrogen) atoms. The summed E-state index contributed by atoms with van der Waals surface area (Å²) >= 11 is 7.27. The minimum Gasteiger partial charge on any atom is -0.452 e. The molecule has 0 saturated carbocycles. The Kier molecular flexibility index (Phi) is 18.7. The molecule has 0 bridgehead atoms. The largest absolute Gasteiger partial charge is 0.452 e. The van der Waals surface area contributed by atoms with E-state index in [1.165, 1.54) is 163 Å². The number of aromatic nitrogens is 6. The van der Waals surface area contributed by atoms with E-state index in [-0.39, 0.29) is 0 Å². The van der Waals surface area contributed by atoms with Crippen molar-refractivity contribution in [2.45, 2.75) is 0 Å². The van der Waals surface area contributed by atoms with Gasteiger partial charge in [0.15, 0.2) is 11.4 Å². The highest BCUT2D eigenvalue weighted by molar-refractivity contribution is 7.28. The van der Waals surface area contributed by atoms with Crippen LogP contribution in [0.2, 0.25) is 0 Å². The Labute approximate surface area is 838 Å². The lowest BCUT2D eigenvalue weighted by atomic mass is 9.94. The van der Waals surface area contributed by atoms with E-state index < -0.39 is 0 Å². The van der Waals surface area contributed by atoms with E-state index in [4.69, 9.17) is 34.3 Å². The first kappa shape index (κ1) is 82.1. The Morgan fingerprint density at radius 2 is 0.562 bits per heavy atom. The zero-order valence-corrected chi connectivity index (χ0v) is 80.2. The number of furan rings is 1. The molecular formula is C132H75N7OS4. The molecule has 0 atom stereocenters. The summed E-state index contributed by atoms with van der Waals surface area (Å²) in [5.41, 5.74) is 17.5. The maximum Gasteiger partial charge on any atom is 0.180 e. The molecule has 32 rings (SSSR count). The highest BCUT2D eigenvalue weighted by atomic mass is 32.1. The van der Waals surface area contributed by atoms with Crippen LogP contribution in [-0.4, -0.2) is 29.9 Å². The third-order valence-electron chi connectivity index (χ3n) is 29.1. The van der Waals surface area contributed by atoms with E-state index in [9.17, 15) is 0 Å². The summed E-state index contributed by atoms with van der Waals surface area (Å²) in [5, 5.41) is 36.3. The van der Waals surface area contributed by atoms with Gasteiger partial charge >= 0.3 is 0 Å². The van der Waals surface area contributed by atoms with Gasteiger partial charge in [-0.2, -0.15) is 0 Å². The molecule has 0 radical (unpaired) electrons. The van der Waals surface area contributed by atoms with Crippen LogP contribution in [0.3, 0.4) is 0 Å². The monoisotopic (exact) mass is 1900 g/mol. The Morgan fingerprint density at radius 3 is 1.10 bits per heavy atom. The van der Waals surface area contributed by atoms with Crippen molar-refractivity contribution in [1.29, 1.82) is 0 Å². The molecule has 32 aromatic rings. The van der Waals surface area contributed by atoms with Gasteiger partial charge in [0.2, 0.25) is 0 Å². The molecular weight excluding hydrogens is 1830 g/mol. The molecule has 12 heteroatoms. The maximum absolute atomic E-state index is 6.53. The average Bonchev–Trinajstić information content (AvgIpc) is 1.49. The van der Waals surface area contributed by atoms with Crippen LogP contribution in [0.1, 0.15) is 0 Å². The standard InChI is InChI=1S/C45H28N2S.C44H24N2S2.C43H23N3OS/c1-2-14-32(15-3-1)47(34-27-22-29-12-4-5-13-31(29)28-34)33-25-23-30(24-26-33)43-38-19-9-8-18-37(38)41-35-16-6-7-17-36(35)42-39-20-10-11-21-40(39)48-45(42)44(41)46-43;1-2-12-26-23-27(22-21-25(26)11-1)34-24-35(45-44-40(34)33-18-8-10-20-37(33)48-44)41-31-16-6-5-15-30(31)38-28-13-3-4-14-29(28)39-32-17-7-9-19-36(32)47-43(39)42(38)46-41;1-2-14-25-24(12-1)13-11-21-29(25)37-41-38(31-19-7-9-22-33(31)47-41)46-43(45-37)39-30-18-6-5-17-28(30)35-26-15-3-4-16-27(26)36-32-20-8-10-23-34(32)48-42(36)40(35)44-39/h1-28H;1-24H;1-23H. The zero-order valence-electron chi connectivity index (χ0n) is 77.0. The highest BCUT2D eigenvalue weighted by Gasteiger charge is 2.29. The van der Waals surface area contributed by atoms with E-state index in [2.05, 4.69) is 442 Å². The minimum absolute atomic E-state index is 0.581. The fourth-order valence-corrected chi connectivity index (χ4v) is 27.5. The number of thiophene rings is 4. The molecule has 0 aliphatic rings. The zero-order chi connectivity index (χ0) is 94.3. The summed E-state index contributed by atoms with van der Waals surface area (Å²) in [5.74, 6) is 0.581. The Hall–Kier alpha value is -17.9. The Bertz CT molecular complexity index is 11100. The lowest BCUT2D eigenvalue weighted by Crippen LogP contribution is -2.09. The summed E-state index contributed by atoms with van der Waals surface area (Å²) < 4.78 is 15.3. The van der Waals surface area contributed by atoms with Gasteiger partial charge in [0.1, 0.15) is 27.3 Å². The van der Waals surface area contributed by atoms with Crippen LogP contribution < -0.4 is 4.90 Å². The van der Waals surface area contributed by atoms with Crippen LogP contribution in [-0.2, 0) is 0 Å². The normalized spacial score (nSPS) is 12.0. The number of rotatable bonds is 8. The van der Waals surface area contributed by atoms with Crippen LogP contribution in [0.25, 0.3) is 289 Å². The molecule has 0 aliphatic heterocycles. The third-order valence-corrected chi connectivity index (χ3v) is 33.7. The number of anilines is 3. The first-order chi connectivity index (χ1) is 71.4. The van der Waals surface area contributed by atoms with Crippen molar-refractivity contribution >= 4 is 295 Å². The summed E-state index contributed by atoms with van der Waals surface area (Å²) in [6.45, 7) is 0.